The summed E-state index contributed by atoms with van der Waals surface area (Å²) in [5.41, 5.74) is 0.395. The zero-order chi connectivity index (χ0) is 14.4. The number of esters is 1. The van der Waals surface area contributed by atoms with Crippen molar-refractivity contribution >= 4 is 21.9 Å². The van der Waals surface area contributed by atoms with Gasteiger partial charge in [-0.3, -0.25) is 0 Å². The summed E-state index contributed by atoms with van der Waals surface area (Å²) in [7, 11) is 0. The first-order chi connectivity index (χ1) is 9.65. The molecule has 0 aliphatic heterocycles. The van der Waals surface area contributed by atoms with Crippen molar-refractivity contribution in [1.29, 1.82) is 0 Å². The molecule has 0 aliphatic rings. The number of carbonyl (C=O) groups excluding carboxylic acids is 1. The molecular weight excluding hydrogens is 324 g/mol. The number of halogens is 1. The third-order valence-electron chi connectivity index (χ3n) is 2.50. The highest BCUT2D eigenvalue weighted by Gasteiger charge is 2.06. The van der Waals surface area contributed by atoms with E-state index in [1.54, 1.807) is 0 Å². The molecule has 2 rings (SSSR count). The fourth-order valence-corrected chi connectivity index (χ4v) is 1.77. The van der Waals surface area contributed by atoms with E-state index >= 15 is 0 Å². The number of phenols is 1. The standard InChI is InChI=1S/C15H13BrO4/c16-12-3-7-14(8-4-12)19-9-10-20-15(18)11-1-5-13(17)6-2-11/h1-8,17H,9-10H2. The topological polar surface area (TPSA) is 55.8 Å². The zero-order valence-corrected chi connectivity index (χ0v) is 12.2. The van der Waals surface area contributed by atoms with Crippen molar-refractivity contribution in [3.05, 3.63) is 58.6 Å². The molecule has 2 aromatic carbocycles. The molecular formula is C15H13BrO4. The summed E-state index contributed by atoms with van der Waals surface area (Å²) in [5.74, 6) is 0.387. The van der Waals surface area contributed by atoms with E-state index in [1.807, 2.05) is 24.3 Å². The molecule has 0 aromatic heterocycles. The highest BCUT2D eigenvalue weighted by atomic mass is 79.9. The average molecular weight is 337 g/mol. The van der Waals surface area contributed by atoms with Crippen LogP contribution in [-0.2, 0) is 4.74 Å². The van der Waals surface area contributed by atoms with Gasteiger partial charge in [0.15, 0.2) is 0 Å². The Balaban J connectivity index is 1.74. The number of carbonyl (C=O) groups is 1. The maximum absolute atomic E-state index is 11.6. The molecule has 0 amide bonds. The van der Waals surface area contributed by atoms with E-state index in [0.717, 1.165) is 4.47 Å². The van der Waals surface area contributed by atoms with Crippen LogP contribution in [0.15, 0.2) is 53.0 Å². The van der Waals surface area contributed by atoms with E-state index in [4.69, 9.17) is 14.6 Å². The Labute approximate surface area is 125 Å². The third kappa shape index (κ3) is 4.28. The van der Waals surface area contributed by atoms with Crippen LogP contribution in [0.5, 0.6) is 11.5 Å². The van der Waals surface area contributed by atoms with Crippen molar-refractivity contribution < 1.29 is 19.4 Å². The second-order valence-corrected chi connectivity index (χ2v) is 4.90. The highest BCUT2D eigenvalue weighted by molar-refractivity contribution is 9.10. The smallest absolute Gasteiger partial charge is 0.338 e. The van der Waals surface area contributed by atoms with Crippen LogP contribution in [0.4, 0.5) is 0 Å². The normalized spacial score (nSPS) is 10.1. The molecule has 0 saturated carbocycles. The Kier molecular flexibility index (Phi) is 5.01. The first-order valence-corrected chi connectivity index (χ1v) is 6.79. The molecule has 0 saturated heterocycles. The zero-order valence-electron chi connectivity index (χ0n) is 10.6. The van der Waals surface area contributed by atoms with Gasteiger partial charge in [-0.15, -0.1) is 0 Å². The molecule has 0 bridgehead atoms. The fourth-order valence-electron chi connectivity index (χ4n) is 1.51. The summed E-state index contributed by atoms with van der Waals surface area (Å²) in [6.07, 6.45) is 0. The minimum Gasteiger partial charge on any atom is -0.508 e. The first kappa shape index (κ1) is 14.4. The van der Waals surface area contributed by atoms with Gasteiger partial charge >= 0.3 is 5.97 Å². The molecule has 0 aliphatic carbocycles. The molecule has 2 aromatic rings. The molecule has 1 N–H and O–H groups in total. The lowest BCUT2D eigenvalue weighted by atomic mass is 10.2. The van der Waals surface area contributed by atoms with Crippen LogP contribution in [0.25, 0.3) is 0 Å². The van der Waals surface area contributed by atoms with Gasteiger partial charge < -0.3 is 14.6 Å². The van der Waals surface area contributed by atoms with Crippen molar-refractivity contribution in [2.45, 2.75) is 0 Å². The number of benzene rings is 2. The number of rotatable bonds is 5. The van der Waals surface area contributed by atoms with E-state index in [9.17, 15) is 4.79 Å². The Morgan fingerprint density at radius 2 is 1.65 bits per heavy atom. The van der Waals surface area contributed by atoms with Crippen LogP contribution in [0.3, 0.4) is 0 Å². The van der Waals surface area contributed by atoms with Gasteiger partial charge in [-0.05, 0) is 48.5 Å². The van der Waals surface area contributed by atoms with Crippen LogP contribution < -0.4 is 4.74 Å². The number of ether oxygens (including phenoxy) is 2. The Morgan fingerprint density at radius 1 is 1.00 bits per heavy atom. The molecule has 0 radical (unpaired) electrons. The van der Waals surface area contributed by atoms with Crippen LogP contribution in [0.2, 0.25) is 0 Å². The molecule has 0 fully saturated rings. The largest absolute Gasteiger partial charge is 0.508 e. The highest BCUT2D eigenvalue weighted by Crippen LogP contribution is 2.16. The lowest BCUT2D eigenvalue weighted by Crippen LogP contribution is -2.12. The third-order valence-corrected chi connectivity index (χ3v) is 3.03. The minimum absolute atomic E-state index is 0.111. The second kappa shape index (κ2) is 6.96. The molecule has 20 heavy (non-hydrogen) atoms. The van der Waals surface area contributed by atoms with Gasteiger partial charge in [-0.1, -0.05) is 15.9 Å². The van der Waals surface area contributed by atoms with E-state index in [2.05, 4.69) is 15.9 Å². The average Bonchev–Trinajstić information content (AvgIpc) is 2.46. The second-order valence-electron chi connectivity index (χ2n) is 3.99. The molecule has 0 atom stereocenters. The van der Waals surface area contributed by atoms with Crippen molar-refractivity contribution in [3.8, 4) is 11.5 Å². The molecule has 0 spiro atoms. The number of aromatic hydroxyl groups is 1. The van der Waals surface area contributed by atoms with Gasteiger partial charge in [0.05, 0.1) is 5.56 Å². The van der Waals surface area contributed by atoms with Crippen molar-refractivity contribution in [2.75, 3.05) is 13.2 Å². The van der Waals surface area contributed by atoms with Gasteiger partial charge in [0, 0.05) is 4.47 Å². The Bertz CT molecular complexity index is 563. The van der Waals surface area contributed by atoms with Crippen LogP contribution in [0.1, 0.15) is 10.4 Å². The summed E-state index contributed by atoms with van der Waals surface area (Å²) < 4.78 is 11.5. The molecule has 5 heteroatoms. The van der Waals surface area contributed by atoms with Crippen molar-refractivity contribution in [2.24, 2.45) is 0 Å². The van der Waals surface area contributed by atoms with Crippen molar-refractivity contribution in [3.63, 3.8) is 0 Å². The Morgan fingerprint density at radius 3 is 2.30 bits per heavy atom. The fraction of sp³-hybridized carbons (Fsp3) is 0.133. The predicted octanol–water partition coefficient (Wildman–Crippen LogP) is 3.39. The van der Waals surface area contributed by atoms with Gasteiger partial charge in [0.25, 0.3) is 0 Å². The number of phenolic OH excluding ortho intramolecular Hbond substituents is 1. The first-order valence-electron chi connectivity index (χ1n) is 6.00. The van der Waals surface area contributed by atoms with Crippen LogP contribution in [0, 0.1) is 0 Å². The number of hydrogen-bond acceptors (Lipinski definition) is 4. The van der Waals surface area contributed by atoms with Crippen LogP contribution >= 0.6 is 15.9 Å². The van der Waals surface area contributed by atoms with Crippen LogP contribution in [-0.4, -0.2) is 24.3 Å². The summed E-state index contributed by atoms with van der Waals surface area (Å²) in [4.78, 5) is 11.6. The molecule has 0 unspecified atom stereocenters. The van der Waals surface area contributed by atoms with Gasteiger partial charge in [0.1, 0.15) is 24.7 Å². The monoisotopic (exact) mass is 336 g/mol. The summed E-state index contributed by atoms with van der Waals surface area (Å²) in [6, 6.07) is 13.3. The maximum Gasteiger partial charge on any atom is 0.338 e. The minimum atomic E-state index is -0.440. The predicted molar refractivity (Wildman–Crippen MR) is 78.0 cm³/mol. The lowest BCUT2D eigenvalue weighted by Gasteiger charge is -2.07. The van der Waals surface area contributed by atoms with Gasteiger partial charge in [-0.25, -0.2) is 4.79 Å². The molecule has 104 valence electrons. The summed E-state index contributed by atoms with van der Waals surface area (Å²) in [6.45, 7) is 0.446. The summed E-state index contributed by atoms with van der Waals surface area (Å²) in [5, 5.41) is 9.12. The number of hydrogen-bond donors (Lipinski definition) is 1. The SMILES string of the molecule is O=C(OCCOc1ccc(Br)cc1)c1ccc(O)cc1. The Hall–Kier alpha value is -2.01. The van der Waals surface area contributed by atoms with E-state index in [1.165, 1.54) is 24.3 Å². The van der Waals surface area contributed by atoms with E-state index in [-0.39, 0.29) is 19.0 Å². The molecule has 0 heterocycles. The maximum atomic E-state index is 11.6. The lowest BCUT2D eigenvalue weighted by molar-refractivity contribution is 0.0450. The van der Waals surface area contributed by atoms with E-state index in [0.29, 0.717) is 11.3 Å². The van der Waals surface area contributed by atoms with E-state index < -0.39 is 5.97 Å². The quantitative estimate of drug-likeness (QED) is 0.671. The van der Waals surface area contributed by atoms with Gasteiger partial charge in [-0.2, -0.15) is 0 Å². The van der Waals surface area contributed by atoms with Crippen molar-refractivity contribution in [1.82, 2.24) is 0 Å². The molecule has 4 nitrogen and oxygen atoms in total. The summed E-state index contributed by atoms with van der Waals surface area (Å²) >= 11 is 3.33. The van der Waals surface area contributed by atoms with Gasteiger partial charge in [0.2, 0.25) is 0 Å².